The average Bonchev–Trinajstić information content (AvgIpc) is 2.49. The summed E-state index contributed by atoms with van der Waals surface area (Å²) in [4.78, 5) is 35.9. The number of nitrogens with zero attached hydrogens (tertiary/aromatic N) is 1. The third kappa shape index (κ3) is 5.58. The van der Waals surface area contributed by atoms with Crippen LogP contribution in [0.4, 0.5) is 4.79 Å². The first-order chi connectivity index (χ1) is 9.97. The largest absolute Gasteiger partial charge is 0.481 e. The number of nitrogens with one attached hydrogen (secondary N) is 2. The second kappa shape index (κ2) is 8.46. The molecule has 0 aliphatic carbocycles. The predicted octanol–water partition coefficient (Wildman–Crippen LogP) is -0.356. The van der Waals surface area contributed by atoms with E-state index in [0.29, 0.717) is 13.1 Å². The van der Waals surface area contributed by atoms with Crippen LogP contribution in [-0.2, 0) is 14.3 Å². The van der Waals surface area contributed by atoms with Crippen molar-refractivity contribution in [2.45, 2.75) is 25.4 Å². The van der Waals surface area contributed by atoms with E-state index >= 15 is 0 Å². The lowest BCUT2D eigenvalue weighted by Crippen LogP contribution is -2.50. The Bertz CT molecular complexity index is 388. The SMILES string of the molecule is CNC(=O)C1CCCN(C(=O)NCC(CC(=O)O)OC)C1. The minimum absolute atomic E-state index is 0.0619. The minimum atomic E-state index is -0.978. The smallest absolute Gasteiger partial charge is 0.317 e. The molecular formula is C13H23N3O5. The highest BCUT2D eigenvalue weighted by Gasteiger charge is 2.28. The minimum Gasteiger partial charge on any atom is -0.481 e. The second-order valence-corrected chi connectivity index (χ2v) is 5.04. The molecule has 2 unspecified atom stereocenters. The molecule has 2 atom stereocenters. The molecule has 1 aliphatic rings. The van der Waals surface area contributed by atoms with E-state index in [4.69, 9.17) is 9.84 Å². The number of urea groups is 1. The fourth-order valence-electron chi connectivity index (χ4n) is 2.33. The summed E-state index contributed by atoms with van der Waals surface area (Å²) < 4.78 is 5.00. The fourth-order valence-corrected chi connectivity index (χ4v) is 2.33. The molecular weight excluding hydrogens is 278 g/mol. The molecule has 8 heteroatoms. The number of carbonyl (C=O) groups is 3. The van der Waals surface area contributed by atoms with Crippen LogP contribution in [0.5, 0.6) is 0 Å². The topological polar surface area (TPSA) is 108 Å². The summed E-state index contributed by atoms with van der Waals surface area (Å²) in [5.74, 6) is -1.23. The highest BCUT2D eigenvalue weighted by Crippen LogP contribution is 2.16. The van der Waals surface area contributed by atoms with Gasteiger partial charge in [-0.05, 0) is 12.8 Å². The van der Waals surface area contributed by atoms with Gasteiger partial charge in [0.05, 0.1) is 18.4 Å². The number of carboxylic acid groups (broad SMARTS) is 1. The van der Waals surface area contributed by atoms with Crippen LogP contribution in [0, 0.1) is 5.92 Å². The van der Waals surface area contributed by atoms with Gasteiger partial charge in [-0.1, -0.05) is 0 Å². The normalized spacial score (nSPS) is 19.7. The zero-order chi connectivity index (χ0) is 15.8. The Kier molecular flexibility index (Phi) is 6.93. The lowest BCUT2D eigenvalue weighted by molar-refractivity contribution is -0.139. The van der Waals surface area contributed by atoms with Crippen LogP contribution in [0.1, 0.15) is 19.3 Å². The molecule has 21 heavy (non-hydrogen) atoms. The van der Waals surface area contributed by atoms with Crippen molar-refractivity contribution in [2.24, 2.45) is 5.92 Å². The predicted molar refractivity (Wildman–Crippen MR) is 74.8 cm³/mol. The molecule has 0 aromatic heterocycles. The van der Waals surface area contributed by atoms with Gasteiger partial charge in [-0.3, -0.25) is 9.59 Å². The number of methoxy groups -OCH3 is 1. The maximum Gasteiger partial charge on any atom is 0.317 e. The highest BCUT2D eigenvalue weighted by atomic mass is 16.5. The van der Waals surface area contributed by atoms with Gasteiger partial charge in [0.15, 0.2) is 0 Å². The van der Waals surface area contributed by atoms with Gasteiger partial charge in [0.1, 0.15) is 0 Å². The van der Waals surface area contributed by atoms with Crippen LogP contribution in [-0.4, -0.2) is 67.8 Å². The van der Waals surface area contributed by atoms with E-state index < -0.39 is 12.1 Å². The molecule has 0 bridgehead atoms. The first-order valence-electron chi connectivity index (χ1n) is 6.96. The molecule has 3 amide bonds. The third-order valence-corrected chi connectivity index (χ3v) is 3.54. The molecule has 0 saturated carbocycles. The molecule has 0 aromatic rings. The van der Waals surface area contributed by atoms with Crippen LogP contribution in [0.15, 0.2) is 0 Å². The van der Waals surface area contributed by atoms with E-state index in [1.807, 2.05) is 0 Å². The van der Waals surface area contributed by atoms with Gasteiger partial charge < -0.3 is 25.4 Å². The van der Waals surface area contributed by atoms with Crippen molar-refractivity contribution in [2.75, 3.05) is 33.8 Å². The van der Waals surface area contributed by atoms with Gasteiger partial charge in [-0.25, -0.2) is 4.79 Å². The summed E-state index contributed by atoms with van der Waals surface area (Å²) in [7, 11) is 2.98. The Morgan fingerprint density at radius 2 is 2.14 bits per heavy atom. The van der Waals surface area contributed by atoms with Gasteiger partial charge in [-0.2, -0.15) is 0 Å². The van der Waals surface area contributed by atoms with Crippen LogP contribution < -0.4 is 10.6 Å². The first-order valence-corrected chi connectivity index (χ1v) is 6.96. The zero-order valence-electron chi connectivity index (χ0n) is 12.4. The molecule has 0 aromatic carbocycles. The average molecular weight is 301 g/mol. The van der Waals surface area contributed by atoms with Gasteiger partial charge in [-0.15, -0.1) is 0 Å². The summed E-state index contributed by atoms with van der Waals surface area (Å²) in [5.41, 5.74) is 0. The van der Waals surface area contributed by atoms with Gasteiger partial charge in [0, 0.05) is 33.8 Å². The van der Waals surface area contributed by atoms with E-state index in [1.54, 1.807) is 11.9 Å². The Labute approximate surface area is 123 Å². The Balaban J connectivity index is 2.43. The number of likely N-dealkylation sites (tertiary alicyclic amines) is 1. The number of carboxylic acids is 1. The molecule has 0 spiro atoms. The van der Waals surface area contributed by atoms with Crippen LogP contribution in [0.2, 0.25) is 0 Å². The van der Waals surface area contributed by atoms with Crippen LogP contribution >= 0.6 is 0 Å². The van der Waals surface area contributed by atoms with Crippen LogP contribution in [0.3, 0.4) is 0 Å². The highest BCUT2D eigenvalue weighted by molar-refractivity contribution is 5.80. The third-order valence-electron chi connectivity index (χ3n) is 3.54. The van der Waals surface area contributed by atoms with E-state index in [0.717, 1.165) is 12.8 Å². The second-order valence-electron chi connectivity index (χ2n) is 5.04. The summed E-state index contributed by atoms with van der Waals surface area (Å²) in [5, 5.41) is 14.0. The lowest BCUT2D eigenvalue weighted by Gasteiger charge is -2.32. The molecule has 8 nitrogen and oxygen atoms in total. The standard InChI is InChI=1S/C13H23N3O5/c1-14-12(19)9-4-3-5-16(8-9)13(20)15-7-10(21-2)6-11(17)18/h9-10H,3-8H2,1-2H3,(H,14,19)(H,15,20)(H,17,18). The van der Waals surface area contributed by atoms with Gasteiger partial charge in [0.2, 0.25) is 5.91 Å². The number of ether oxygens (including phenoxy) is 1. The maximum absolute atomic E-state index is 12.0. The van der Waals surface area contributed by atoms with Crippen molar-refractivity contribution in [3.05, 3.63) is 0 Å². The van der Waals surface area contributed by atoms with E-state index in [1.165, 1.54) is 7.11 Å². The number of aliphatic carboxylic acids is 1. The summed E-state index contributed by atoms with van der Waals surface area (Å²) in [6.07, 6.45) is 0.806. The Hall–Kier alpha value is -1.83. The van der Waals surface area contributed by atoms with Gasteiger partial charge in [0.25, 0.3) is 0 Å². The summed E-state index contributed by atoms with van der Waals surface area (Å²) >= 11 is 0. The molecule has 3 N–H and O–H groups in total. The number of amides is 3. The summed E-state index contributed by atoms with van der Waals surface area (Å²) in [6.45, 7) is 1.10. The van der Waals surface area contributed by atoms with Crippen LogP contribution in [0.25, 0.3) is 0 Å². The summed E-state index contributed by atoms with van der Waals surface area (Å²) in [6, 6.07) is -0.295. The Morgan fingerprint density at radius 3 is 2.71 bits per heavy atom. The maximum atomic E-state index is 12.0. The van der Waals surface area contributed by atoms with Crippen molar-refractivity contribution in [1.29, 1.82) is 0 Å². The van der Waals surface area contributed by atoms with Crippen molar-refractivity contribution in [3.63, 3.8) is 0 Å². The van der Waals surface area contributed by atoms with Crippen molar-refractivity contribution in [1.82, 2.24) is 15.5 Å². The Morgan fingerprint density at radius 1 is 1.43 bits per heavy atom. The lowest BCUT2D eigenvalue weighted by atomic mass is 9.97. The quantitative estimate of drug-likeness (QED) is 0.621. The van der Waals surface area contributed by atoms with E-state index in [9.17, 15) is 14.4 Å². The van der Waals surface area contributed by atoms with E-state index in [-0.39, 0.29) is 30.8 Å². The fraction of sp³-hybridized carbons (Fsp3) is 0.769. The molecule has 1 saturated heterocycles. The molecule has 1 aliphatic heterocycles. The number of hydrogen-bond donors (Lipinski definition) is 3. The van der Waals surface area contributed by atoms with E-state index in [2.05, 4.69) is 10.6 Å². The molecule has 1 heterocycles. The monoisotopic (exact) mass is 301 g/mol. The number of piperidine rings is 1. The molecule has 1 rings (SSSR count). The molecule has 120 valence electrons. The van der Waals surface area contributed by atoms with Crippen molar-refractivity contribution >= 4 is 17.9 Å². The number of rotatable bonds is 6. The first kappa shape index (κ1) is 17.2. The molecule has 0 radical (unpaired) electrons. The van der Waals surface area contributed by atoms with Crippen molar-refractivity contribution < 1.29 is 24.2 Å². The molecule has 1 fully saturated rings. The van der Waals surface area contributed by atoms with Crippen molar-refractivity contribution in [3.8, 4) is 0 Å². The zero-order valence-corrected chi connectivity index (χ0v) is 12.4. The van der Waals surface area contributed by atoms with Gasteiger partial charge >= 0.3 is 12.0 Å². The number of carbonyl (C=O) groups excluding carboxylic acids is 2. The number of hydrogen-bond acceptors (Lipinski definition) is 4.